The number of carbonyl (C=O) groups excluding carboxylic acids is 2. The van der Waals surface area contributed by atoms with Crippen molar-refractivity contribution < 1.29 is 23.8 Å². The molecule has 3 atom stereocenters. The molecular weight excluding hydrogens is 212 g/mol. The van der Waals surface area contributed by atoms with E-state index < -0.39 is 30.3 Å². The summed E-state index contributed by atoms with van der Waals surface area (Å²) in [6.07, 6.45) is 2.40. The van der Waals surface area contributed by atoms with Gasteiger partial charge in [0.15, 0.2) is 12.2 Å². The molecule has 0 amide bonds. The number of ether oxygens (including phenoxy) is 3. The van der Waals surface area contributed by atoms with E-state index in [0.717, 1.165) is 0 Å². The first-order valence-electron chi connectivity index (χ1n) is 4.80. The smallest absolute Gasteiger partial charge is 0.331 e. The minimum Gasteiger partial charge on any atom is -0.454 e. The topological polar surface area (TPSA) is 61.8 Å². The molecule has 0 fully saturated rings. The quantitative estimate of drug-likeness (QED) is 0.519. The van der Waals surface area contributed by atoms with Crippen LogP contribution in [0.2, 0.25) is 0 Å². The lowest BCUT2D eigenvalue weighted by Crippen LogP contribution is -2.44. The Morgan fingerprint density at radius 2 is 2.38 bits per heavy atom. The van der Waals surface area contributed by atoms with Crippen LogP contribution in [0.15, 0.2) is 24.8 Å². The highest BCUT2D eigenvalue weighted by atomic mass is 16.6. The van der Waals surface area contributed by atoms with E-state index in [-0.39, 0.29) is 0 Å². The van der Waals surface area contributed by atoms with Crippen molar-refractivity contribution in [2.24, 2.45) is 0 Å². The number of hydrogen-bond acceptors (Lipinski definition) is 5. The third-order valence-electron chi connectivity index (χ3n) is 2.13. The summed E-state index contributed by atoms with van der Waals surface area (Å²) in [6.45, 7) is 4.81. The summed E-state index contributed by atoms with van der Waals surface area (Å²) in [5.74, 6) is -0.956. The van der Waals surface area contributed by atoms with Crippen molar-refractivity contribution in [3.63, 3.8) is 0 Å². The van der Waals surface area contributed by atoms with E-state index >= 15 is 0 Å². The van der Waals surface area contributed by atoms with E-state index in [1.165, 1.54) is 26.2 Å². The molecular formula is C11H14O5. The van der Waals surface area contributed by atoms with Crippen LogP contribution in [0.25, 0.3) is 0 Å². The van der Waals surface area contributed by atoms with Crippen molar-refractivity contribution >= 4 is 11.9 Å². The zero-order valence-corrected chi connectivity index (χ0v) is 9.21. The van der Waals surface area contributed by atoms with Crippen molar-refractivity contribution in [3.8, 4) is 0 Å². The first-order valence-corrected chi connectivity index (χ1v) is 4.80. The Kier molecular flexibility index (Phi) is 4.25. The molecule has 88 valence electrons. The molecule has 0 saturated heterocycles. The molecule has 5 heteroatoms. The van der Waals surface area contributed by atoms with Gasteiger partial charge in [-0.3, -0.25) is 4.79 Å². The summed E-state index contributed by atoms with van der Waals surface area (Å²) in [5, 5.41) is 0. The van der Waals surface area contributed by atoms with Crippen molar-refractivity contribution in [3.05, 3.63) is 24.8 Å². The lowest BCUT2D eigenvalue weighted by Gasteiger charge is -2.30. The average molecular weight is 226 g/mol. The zero-order chi connectivity index (χ0) is 12.1. The highest BCUT2D eigenvalue weighted by molar-refractivity contribution is 5.83. The van der Waals surface area contributed by atoms with Gasteiger partial charge in [-0.05, 0) is 12.2 Å². The van der Waals surface area contributed by atoms with Crippen LogP contribution in [0.4, 0.5) is 0 Å². The summed E-state index contributed by atoms with van der Waals surface area (Å²) in [4.78, 5) is 22.0. The fraction of sp³-hybridized carbons (Fsp3) is 0.455. The van der Waals surface area contributed by atoms with Crippen molar-refractivity contribution in [1.29, 1.82) is 0 Å². The molecule has 1 aliphatic rings. The number of hydrogen-bond donors (Lipinski definition) is 0. The summed E-state index contributed by atoms with van der Waals surface area (Å²) in [6, 6.07) is 0. The number of rotatable bonds is 4. The Bertz CT molecular complexity index is 320. The molecule has 0 saturated carbocycles. The Labute approximate surface area is 93.7 Å². The molecule has 16 heavy (non-hydrogen) atoms. The fourth-order valence-electron chi connectivity index (χ4n) is 1.43. The maximum absolute atomic E-state index is 11.1. The molecule has 0 aromatic rings. The van der Waals surface area contributed by atoms with Crippen LogP contribution in [0.3, 0.4) is 0 Å². The first kappa shape index (κ1) is 12.4. The van der Waals surface area contributed by atoms with Crippen LogP contribution in [-0.4, -0.2) is 37.4 Å². The van der Waals surface area contributed by atoms with Gasteiger partial charge in [0.1, 0.15) is 6.10 Å². The van der Waals surface area contributed by atoms with Crippen molar-refractivity contribution in [2.75, 3.05) is 7.11 Å². The molecule has 0 spiro atoms. The van der Waals surface area contributed by atoms with E-state index in [1.807, 2.05) is 0 Å². The van der Waals surface area contributed by atoms with Gasteiger partial charge in [0.05, 0.1) is 0 Å². The van der Waals surface area contributed by atoms with Crippen molar-refractivity contribution in [1.82, 2.24) is 0 Å². The third kappa shape index (κ3) is 2.93. The van der Waals surface area contributed by atoms with Gasteiger partial charge in [0.25, 0.3) is 0 Å². The second-order valence-electron chi connectivity index (χ2n) is 3.27. The standard InChI is InChI=1S/C11H14O5/c1-4-8(15-7(2)12)11-9(14-3)5-6-10(13)16-11/h4-6,8-9,11H,1H2,2-3H3/t8-,9-,11+/m0/s1. The van der Waals surface area contributed by atoms with Gasteiger partial charge < -0.3 is 14.2 Å². The maximum atomic E-state index is 11.1. The Morgan fingerprint density at radius 3 is 2.88 bits per heavy atom. The Morgan fingerprint density at radius 1 is 1.69 bits per heavy atom. The van der Waals surface area contributed by atoms with Crippen LogP contribution in [-0.2, 0) is 23.8 Å². The lowest BCUT2D eigenvalue weighted by molar-refractivity contribution is -0.169. The number of esters is 2. The third-order valence-corrected chi connectivity index (χ3v) is 2.13. The predicted molar refractivity (Wildman–Crippen MR) is 55.6 cm³/mol. The number of cyclic esters (lactones) is 1. The molecule has 5 nitrogen and oxygen atoms in total. The van der Waals surface area contributed by atoms with Gasteiger partial charge in [0.2, 0.25) is 0 Å². The molecule has 0 aliphatic carbocycles. The second-order valence-corrected chi connectivity index (χ2v) is 3.27. The van der Waals surface area contributed by atoms with Gasteiger partial charge in [0, 0.05) is 20.1 Å². The molecule has 0 radical (unpaired) electrons. The van der Waals surface area contributed by atoms with E-state index in [2.05, 4.69) is 6.58 Å². The fourth-order valence-corrected chi connectivity index (χ4v) is 1.43. The van der Waals surface area contributed by atoms with E-state index in [9.17, 15) is 9.59 Å². The minimum absolute atomic E-state index is 0.444. The summed E-state index contributed by atoms with van der Waals surface area (Å²) < 4.78 is 15.1. The number of methoxy groups -OCH3 is 1. The molecule has 1 aliphatic heterocycles. The first-order chi connectivity index (χ1) is 7.58. The normalized spacial score (nSPS) is 25.8. The average Bonchev–Trinajstić information content (AvgIpc) is 2.25. The molecule has 1 rings (SSSR count). The second kappa shape index (κ2) is 5.46. The van der Waals surface area contributed by atoms with E-state index in [4.69, 9.17) is 14.2 Å². The molecule has 0 aromatic heterocycles. The highest BCUT2D eigenvalue weighted by Gasteiger charge is 2.34. The van der Waals surface area contributed by atoms with Gasteiger partial charge in [-0.25, -0.2) is 4.79 Å². The summed E-state index contributed by atoms with van der Waals surface area (Å²) in [5.41, 5.74) is 0. The molecule has 1 heterocycles. The lowest BCUT2D eigenvalue weighted by atomic mass is 10.1. The van der Waals surface area contributed by atoms with Crippen LogP contribution < -0.4 is 0 Å². The summed E-state index contributed by atoms with van der Waals surface area (Å²) >= 11 is 0. The Balaban J connectivity index is 2.81. The van der Waals surface area contributed by atoms with Crippen LogP contribution in [0, 0.1) is 0 Å². The van der Waals surface area contributed by atoms with Crippen LogP contribution in [0.1, 0.15) is 6.92 Å². The van der Waals surface area contributed by atoms with E-state index in [0.29, 0.717) is 0 Å². The van der Waals surface area contributed by atoms with Gasteiger partial charge in [-0.2, -0.15) is 0 Å². The number of carbonyl (C=O) groups is 2. The molecule has 0 unspecified atom stereocenters. The van der Waals surface area contributed by atoms with Crippen molar-refractivity contribution in [2.45, 2.75) is 25.2 Å². The molecule has 0 bridgehead atoms. The monoisotopic (exact) mass is 226 g/mol. The van der Waals surface area contributed by atoms with Gasteiger partial charge in [-0.1, -0.05) is 6.58 Å². The van der Waals surface area contributed by atoms with Crippen LogP contribution >= 0.6 is 0 Å². The zero-order valence-electron chi connectivity index (χ0n) is 9.21. The largest absolute Gasteiger partial charge is 0.454 e. The summed E-state index contributed by atoms with van der Waals surface area (Å²) in [7, 11) is 1.48. The van der Waals surface area contributed by atoms with Crippen LogP contribution in [0.5, 0.6) is 0 Å². The van der Waals surface area contributed by atoms with E-state index in [1.54, 1.807) is 6.08 Å². The van der Waals surface area contributed by atoms with Gasteiger partial charge >= 0.3 is 11.9 Å². The molecule has 0 N–H and O–H groups in total. The Hall–Kier alpha value is -1.62. The minimum atomic E-state index is -0.712. The SMILES string of the molecule is C=C[C@H](OC(C)=O)[C@H]1OC(=O)C=C[C@@H]1OC. The maximum Gasteiger partial charge on any atom is 0.331 e. The van der Waals surface area contributed by atoms with Gasteiger partial charge in [-0.15, -0.1) is 0 Å². The molecule has 0 aromatic carbocycles. The predicted octanol–water partition coefficient (Wildman–Crippen LogP) is 0.601. The highest BCUT2D eigenvalue weighted by Crippen LogP contribution is 2.18.